The molecule has 0 spiro atoms. The van der Waals surface area contributed by atoms with Crippen LogP contribution in [0.2, 0.25) is 0 Å². The highest BCUT2D eigenvalue weighted by Crippen LogP contribution is 2.37. The van der Waals surface area contributed by atoms with E-state index >= 15 is 0 Å². The first-order valence-electron chi connectivity index (χ1n) is 12.5. The molecule has 1 saturated heterocycles. The van der Waals surface area contributed by atoms with Crippen molar-refractivity contribution >= 4 is 29.4 Å². The van der Waals surface area contributed by atoms with E-state index in [2.05, 4.69) is 20.8 Å². The minimum Gasteiger partial charge on any atom is -0.446 e. The second-order valence-corrected chi connectivity index (χ2v) is 10.4. The Morgan fingerprint density at radius 3 is 2.69 bits per heavy atom. The Kier molecular flexibility index (Phi) is 6.25. The lowest BCUT2D eigenvalue weighted by molar-refractivity contribution is -0.118. The van der Waals surface area contributed by atoms with Crippen LogP contribution in [-0.4, -0.2) is 46.3 Å². The molecule has 2 saturated carbocycles. The van der Waals surface area contributed by atoms with E-state index in [0.717, 1.165) is 62.0 Å². The molecule has 3 atom stereocenters. The fourth-order valence-corrected chi connectivity index (χ4v) is 4.93. The standard InChI is InChI=1S/C26H33N5O4/c1-16(17-5-8-19(9-6-17)31-13-3-4-23(31)32)24(33)27-22-15-21(29-30-22)18-7-10-20(14-18)35-25(34)28-26(2)11-12-26/h5-6,8-9,15-16,18,20H,3-4,7,10-14H2,1-2H3,(H,28,34)(H2,27,29,30,33). The summed E-state index contributed by atoms with van der Waals surface area (Å²) in [5, 5.41) is 13.1. The molecule has 9 nitrogen and oxygen atoms in total. The fourth-order valence-electron chi connectivity index (χ4n) is 4.93. The highest BCUT2D eigenvalue weighted by Gasteiger charge is 2.40. The summed E-state index contributed by atoms with van der Waals surface area (Å²) in [5.74, 6) is 0.329. The van der Waals surface area contributed by atoms with E-state index in [1.165, 1.54) is 0 Å². The maximum atomic E-state index is 12.8. The van der Waals surface area contributed by atoms with Crippen LogP contribution in [0.5, 0.6) is 0 Å². The summed E-state index contributed by atoms with van der Waals surface area (Å²) >= 11 is 0. The zero-order valence-electron chi connectivity index (χ0n) is 20.3. The molecule has 3 amide bonds. The first-order valence-corrected chi connectivity index (χ1v) is 12.5. The van der Waals surface area contributed by atoms with Gasteiger partial charge in [-0.3, -0.25) is 14.7 Å². The van der Waals surface area contributed by atoms with E-state index in [1.54, 1.807) is 4.90 Å². The SMILES string of the molecule is CC(C(=O)Nc1cc(C2CCC(OC(=O)NC3(C)CC3)C2)[nH]n1)c1ccc(N2CCCC2=O)cc1. The molecule has 3 N–H and O–H groups in total. The Bertz CT molecular complexity index is 1110. The number of aromatic amines is 1. The highest BCUT2D eigenvalue weighted by atomic mass is 16.6. The third-order valence-electron chi connectivity index (χ3n) is 7.52. The van der Waals surface area contributed by atoms with Gasteiger partial charge >= 0.3 is 6.09 Å². The number of amides is 3. The molecule has 186 valence electrons. The van der Waals surface area contributed by atoms with Gasteiger partial charge in [0.05, 0.1) is 5.92 Å². The zero-order chi connectivity index (χ0) is 24.6. The molecule has 1 aliphatic heterocycles. The second-order valence-electron chi connectivity index (χ2n) is 10.4. The van der Waals surface area contributed by atoms with Crippen molar-refractivity contribution in [3.8, 4) is 0 Å². The van der Waals surface area contributed by atoms with Gasteiger partial charge in [-0.05, 0) is 70.1 Å². The summed E-state index contributed by atoms with van der Waals surface area (Å²) < 4.78 is 5.60. The van der Waals surface area contributed by atoms with E-state index in [1.807, 2.05) is 44.2 Å². The number of carbonyl (C=O) groups is 3. The van der Waals surface area contributed by atoms with Crippen molar-refractivity contribution in [2.75, 3.05) is 16.8 Å². The Hall–Kier alpha value is -3.36. The molecule has 1 aromatic heterocycles. The molecule has 3 unspecified atom stereocenters. The van der Waals surface area contributed by atoms with Gasteiger partial charge < -0.3 is 20.3 Å². The summed E-state index contributed by atoms with van der Waals surface area (Å²) in [7, 11) is 0. The average Bonchev–Trinajstić information content (AvgIpc) is 3.25. The number of aromatic nitrogens is 2. The monoisotopic (exact) mass is 479 g/mol. The van der Waals surface area contributed by atoms with Crippen LogP contribution in [0, 0.1) is 0 Å². The molecule has 3 fully saturated rings. The maximum absolute atomic E-state index is 12.8. The summed E-state index contributed by atoms with van der Waals surface area (Å²) in [6, 6.07) is 9.47. The fraction of sp³-hybridized carbons (Fsp3) is 0.538. The normalized spacial score (nSPS) is 23.7. The van der Waals surface area contributed by atoms with Crippen LogP contribution >= 0.6 is 0 Å². The Labute approximate surface area is 205 Å². The third kappa shape index (κ3) is 5.33. The predicted octanol–water partition coefficient (Wildman–Crippen LogP) is 4.19. The van der Waals surface area contributed by atoms with Crippen LogP contribution in [0.1, 0.15) is 81.9 Å². The zero-order valence-corrected chi connectivity index (χ0v) is 20.3. The van der Waals surface area contributed by atoms with Crippen molar-refractivity contribution in [3.63, 3.8) is 0 Å². The second kappa shape index (κ2) is 9.36. The first-order chi connectivity index (χ1) is 16.8. The van der Waals surface area contributed by atoms with Gasteiger partial charge in [-0.25, -0.2) is 4.79 Å². The maximum Gasteiger partial charge on any atom is 0.407 e. The average molecular weight is 480 g/mol. The molecule has 1 aromatic carbocycles. The lowest BCUT2D eigenvalue weighted by Crippen LogP contribution is -2.36. The van der Waals surface area contributed by atoms with E-state index in [4.69, 9.17) is 4.74 Å². The summed E-state index contributed by atoms with van der Waals surface area (Å²) in [5.41, 5.74) is 2.60. The molecule has 2 heterocycles. The van der Waals surface area contributed by atoms with Gasteiger partial charge in [-0.15, -0.1) is 0 Å². The number of rotatable bonds is 7. The van der Waals surface area contributed by atoms with Crippen molar-refractivity contribution in [1.82, 2.24) is 15.5 Å². The van der Waals surface area contributed by atoms with Gasteiger partial charge in [0.15, 0.2) is 5.82 Å². The number of nitrogens with one attached hydrogen (secondary N) is 3. The molecule has 2 aromatic rings. The van der Waals surface area contributed by atoms with Crippen LogP contribution < -0.4 is 15.5 Å². The van der Waals surface area contributed by atoms with Crippen LogP contribution in [0.25, 0.3) is 0 Å². The van der Waals surface area contributed by atoms with E-state index in [9.17, 15) is 14.4 Å². The number of nitrogens with zero attached hydrogens (tertiary/aromatic N) is 2. The van der Waals surface area contributed by atoms with Gasteiger partial charge in [0.25, 0.3) is 0 Å². The van der Waals surface area contributed by atoms with Crippen molar-refractivity contribution in [2.24, 2.45) is 0 Å². The summed E-state index contributed by atoms with van der Waals surface area (Å²) in [6.07, 6.45) is 5.48. The molecule has 9 heteroatoms. The minimum absolute atomic E-state index is 0.0856. The Morgan fingerprint density at radius 2 is 2.00 bits per heavy atom. The molecule has 0 radical (unpaired) electrons. The third-order valence-corrected chi connectivity index (χ3v) is 7.52. The molecule has 35 heavy (non-hydrogen) atoms. The van der Waals surface area contributed by atoms with Gasteiger partial charge in [0.1, 0.15) is 6.10 Å². The van der Waals surface area contributed by atoms with Crippen molar-refractivity contribution in [1.29, 1.82) is 0 Å². The van der Waals surface area contributed by atoms with Gasteiger partial charge in [-0.2, -0.15) is 5.10 Å². The quantitative estimate of drug-likeness (QED) is 0.551. The number of hydrogen-bond donors (Lipinski definition) is 3. The Balaban J connectivity index is 1.13. The van der Waals surface area contributed by atoms with E-state index in [-0.39, 0.29) is 41.4 Å². The van der Waals surface area contributed by atoms with Gasteiger partial charge in [0, 0.05) is 41.9 Å². The van der Waals surface area contributed by atoms with Crippen molar-refractivity contribution in [2.45, 2.75) is 82.3 Å². The smallest absolute Gasteiger partial charge is 0.407 e. The van der Waals surface area contributed by atoms with Gasteiger partial charge in [-0.1, -0.05) is 12.1 Å². The number of ether oxygens (including phenoxy) is 1. The lowest BCUT2D eigenvalue weighted by Gasteiger charge is -2.17. The van der Waals surface area contributed by atoms with Gasteiger partial charge in [0.2, 0.25) is 11.8 Å². The van der Waals surface area contributed by atoms with Crippen molar-refractivity contribution in [3.05, 3.63) is 41.6 Å². The van der Waals surface area contributed by atoms with Crippen LogP contribution in [0.15, 0.2) is 30.3 Å². The highest BCUT2D eigenvalue weighted by molar-refractivity contribution is 5.96. The van der Waals surface area contributed by atoms with Crippen molar-refractivity contribution < 1.29 is 19.1 Å². The minimum atomic E-state index is -0.366. The summed E-state index contributed by atoms with van der Waals surface area (Å²) in [4.78, 5) is 38.7. The molecule has 5 rings (SSSR count). The van der Waals surface area contributed by atoms with E-state index in [0.29, 0.717) is 12.2 Å². The number of alkyl carbamates (subject to hydrolysis) is 1. The lowest BCUT2D eigenvalue weighted by atomic mass is 10.00. The number of carbonyl (C=O) groups excluding carboxylic acids is 3. The first kappa shape index (κ1) is 23.4. The molecule has 2 aliphatic carbocycles. The number of benzene rings is 1. The number of hydrogen-bond acceptors (Lipinski definition) is 5. The topological polar surface area (TPSA) is 116 Å². The van der Waals surface area contributed by atoms with Crippen LogP contribution in [-0.2, 0) is 14.3 Å². The largest absolute Gasteiger partial charge is 0.446 e. The van der Waals surface area contributed by atoms with Crippen LogP contribution in [0.3, 0.4) is 0 Å². The molecule has 0 bridgehead atoms. The predicted molar refractivity (Wildman–Crippen MR) is 131 cm³/mol. The molecular formula is C26H33N5O4. The number of anilines is 2. The van der Waals surface area contributed by atoms with E-state index < -0.39 is 0 Å². The molecular weight excluding hydrogens is 446 g/mol. The number of H-pyrrole nitrogens is 1. The van der Waals surface area contributed by atoms with Crippen LogP contribution in [0.4, 0.5) is 16.3 Å². The molecule has 3 aliphatic rings. The Morgan fingerprint density at radius 1 is 1.23 bits per heavy atom. The summed E-state index contributed by atoms with van der Waals surface area (Å²) in [6.45, 7) is 4.62.